The average molecular weight is 290 g/mol. The van der Waals surface area contributed by atoms with Crippen molar-refractivity contribution < 1.29 is 22.4 Å². The zero-order chi connectivity index (χ0) is 14.9. The first-order chi connectivity index (χ1) is 9.29. The fourth-order valence-electron chi connectivity index (χ4n) is 2.22. The van der Waals surface area contributed by atoms with Crippen LogP contribution in [0.3, 0.4) is 0 Å². The molecule has 3 nitrogen and oxygen atoms in total. The third-order valence-electron chi connectivity index (χ3n) is 3.17. The minimum Gasteiger partial charge on any atom is -0.336 e. The quantitative estimate of drug-likeness (QED) is 0.805. The summed E-state index contributed by atoms with van der Waals surface area (Å²) in [5.74, 6) is -1.73. The molecule has 110 valence electrons. The van der Waals surface area contributed by atoms with Gasteiger partial charge in [-0.1, -0.05) is 0 Å². The van der Waals surface area contributed by atoms with E-state index in [9.17, 15) is 22.4 Å². The van der Waals surface area contributed by atoms with Gasteiger partial charge < -0.3 is 10.2 Å². The van der Waals surface area contributed by atoms with E-state index in [1.165, 1.54) is 4.90 Å². The number of benzene rings is 1. The third-order valence-corrected chi connectivity index (χ3v) is 3.17. The number of rotatable bonds is 1. The molecule has 0 bridgehead atoms. The van der Waals surface area contributed by atoms with Crippen LogP contribution in [0.15, 0.2) is 18.2 Å². The van der Waals surface area contributed by atoms with Crippen LogP contribution in [0, 0.1) is 5.82 Å². The smallest absolute Gasteiger partial charge is 0.336 e. The molecule has 0 aliphatic carbocycles. The molecule has 1 saturated heterocycles. The fourth-order valence-corrected chi connectivity index (χ4v) is 2.22. The van der Waals surface area contributed by atoms with Crippen molar-refractivity contribution in [3.8, 4) is 0 Å². The summed E-state index contributed by atoms with van der Waals surface area (Å²) in [4.78, 5) is 13.6. The molecule has 0 saturated carbocycles. The number of halogens is 4. The monoisotopic (exact) mass is 290 g/mol. The SMILES string of the molecule is C[C@@H]1CN(C(=O)c2ccc(F)cc2C(F)(F)F)CCN1. The molecule has 0 aromatic heterocycles. The van der Waals surface area contributed by atoms with E-state index in [0.717, 1.165) is 12.1 Å². The largest absolute Gasteiger partial charge is 0.417 e. The molecule has 1 heterocycles. The number of alkyl halides is 3. The second-order valence-electron chi connectivity index (χ2n) is 4.79. The van der Waals surface area contributed by atoms with Gasteiger partial charge in [0.25, 0.3) is 5.91 Å². The summed E-state index contributed by atoms with van der Waals surface area (Å²) < 4.78 is 51.7. The molecule has 1 aromatic rings. The summed E-state index contributed by atoms with van der Waals surface area (Å²) in [7, 11) is 0. The Hall–Kier alpha value is -1.63. The minimum absolute atomic E-state index is 0.0162. The normalized spacial score (nSPS) is 20.1. The summed E-state index contributed by atoms with van der Waals surface area (Å²) in [6, 6.07) is 2.14. The van der Waals surface area contributed by atoms with E-state index in [1.54, 1.807) is 0 Å². The number of nitrogens with one attached hydrogen (secondary N) is 1. The van der Waals surface area contributed by atoms with Crippen molar-refractivity contribution in [2.24, 2.45) is 0 Å². The Kier molecular flexibility index (Phi) is 3.99. The van der Waals surface area contributed by atoms with Crippen molar-refractivity contribution in [2.45, 2.75) is 19.1 Å². The van der Waals surface area contributed by atoms with E-state index in [1.807, 2.05) is 6.92 Å². The summed E-state index contributed by atoms with van der Waals surface area (Å²) >= 11 is 0. The zero-order valence-corrected chi connectivity index (χ0v) is 10.8. The number of carbonyl (C=O) groups excluding carboxylic acids is 1. The Bertz CT molecular complexity index is 516. The van der Waals surface area contributed by atoms with Crippen LogP contribution in [-0.2, 0) is 6.18 Å². The molecular weight excluding hydrogens is 276 g/mol. The lowest BCUT2D eigenvalue weighted by Crippen LogP contribution is -2.51. The van der Waals surface area contributed by atoms with Gasteiger partial charge >= 0.3 is 6.18 Å². The molecular formula is C13H14F4N2O. The lowest BCUT2D eigenvalue weighted by atomic mass is 10.0. The van der Waals surface area contributed by atoms with Crippen LogP contribution in [-0.4, -0.2) is 36.5 Å². The highest BCUT2D eigenvalue weighted by Gasteiger charge is 2.37. The first kappa shape index (κ1) is 14.8. The van der Waals surface area contributed by atoms with Gasteiger partial charge in [-0.3, -0.25) is 4.79 Å². The molecule has 1 aliphatic heterocycles. The number of amides is 1. The Balaban J connectivity index is 2.34. The highest BCUT2D eigenvalue weighted by molar-refractivity contribution is 5.96. The minimum atomic E-state index is -4.76. The van der Waals surface area contributed by atoms with Crippen LogP contribution in [0.4, 0.5) is 17.6 Å². The number of carbonyl (C=O) groups is 1. The Labute approximate surface area is 113 Å². The molecule has 1 N–H and O–H groups in total. The second-order valence-corrected chi connectivity index (χ2v) is 4.79. The van der Waals surface area contributed by atoms with Crippen LogP contribution < -0.4 is 5.32 Å². The fraction of sp³-hybridized carbons (Fsp3) is 0.462. The van der Waals surface area contributed by atoms with Gasteiger partial charge in [-0.25, -0.2) is 4.39 Å². The standard InChI is InChI=1S/C13H14F4N2O/c1-8-7-19(5-4-18-8)12(20)10-3-2-9(14)6-11(10)13(15,16)17/h2-3,6,8,18H,4-5,7H2,1H3/t8-/m1/s1. The van der Waals surface area contributed by atoms with Crippen molar-refractivity contribution in [1.82, 2.24) is 10.2 Å². The van der Waals surface area contributed by atoms with Crippen LogP contribution in [0.5, 0.6) is 0 Å². The molecule has 0 spiro atoms. The van der Waals surface area contributed by atoms with Crippen molar-refractivity contribution in [1.29, 1.82) is 0 Å². The Morgan fingerprint density at radius 3 is 2.70 bits per heavy atom. The summed E-state index contributed by atoms with van der Waals surface area (Å²) in [5, 5.41) is 3.10. The van der Waals surface area contributed by atoms with Crippen LogP contribution >= 0.6 is 0 Å². The average Bonchev–Trinajstić information content (AvgIpc) is 2.37. The molecule has 0 unspecified atom stereocenters. The summed E-state index contributed by atoms with van der Waals surface area (Å²) in [6.07, 6.45) is -4.76. The lowest BCUT2D eigenvalue weighted by molar-refractivity contribution is -0.138. The van der Waals surface area contributed by atoms with Crippen molar-refractivity contribution in [3.05, 3.63) is 35.1 Å². The molecule has 20 heavy (non-hydrogen) atoms. The number of hydrogen-bond donors (Lipinski definition) is 1. The highest BCUT2D eigenvalue weighted by atomic mass is 19.4. The van der Waals surface area contributed by atoms with Gasteiger partial charge in [0.1, 0.15) is 5.82 Å². The van der Waals surface area contributed by atoms with E-state index in [4.69, 9.17) is 0 Å². The number of nitrogens with zero attached hydrogens (tertiary/aromatic N) is 1. The van der Waals surface area contributed by atoms with Crippen molar-refractivity contribution >= 4 is 5.91 Å². The predicted octanol–water partition coefficient (Wildman–Crippen LogP) is 2.28. The van der Waals surface area contributed by atoms with Crippen molar-refractivity contribution in [3.63, 3.8) is 0 Å². The number of hydrogen-bond acceptors (Lipinski definition) is 2. The first-order valence-corrected chi connectivity index (χ1v) is 6.18. The van der Waals surface area contributed by atoms with Gasteiger partial charge in [-0.05, 0) is 25.1 Å². The molecule has 7 heteroatoms. The van der Waals surface area contributed by atoms with Gasteiger partial charge in [0.2, 0.25) is 0 Å². The maximum Gasteiger partial charge on any atom is 0.417 e. The van der Waals surface area contributed by atoms with Crippen LogP contribution in [0.25, 0.3) is 0 Å². The maximum absolute atomic E-state index is 13.0. The van der Waals surface area contributed by atoms with Gasteiger partial charge in [0, 0.05) is 25.7 Å². The molecule has 1 amide bonds. The third kappa shape index (κ3) is 3.09. The predicted molar refractivity (Wildman–Crippen MR) is 64.8 cm³/mol. The zero-order valence-electron chi connectivity index (χ0n) is 10.8. The molecule has 0 radical (unpaired) electrons. The Morgan fingerprint density at radius 1 is 1.40 bits per heavy atom. The van der Waals surface area contributed by atoms with Crippen LogP contribution in [0.2, 0.25) is 0 Å². The lowest BCUT2D eigenvalue weighted by Gasteiger charge is -2.32. The van der Waals surface area contributed by atoms with Crippen molar-refractivity contribution in [2.75, 3.05) is 19.6 Å². The van der Waals surface area contributed by atoms with E-state index < -0.39 is 29.0 Å². The van der Waals surface area contributed by atoms with E-state index in [-0.39, 0.29) is 6.04 Å². The van der Waals surface area contributed by atoms with E-state index >= 15 is 0 Å². The second kappa shape index (κ2) is 5.40. The highest BCUT2D eigenvalue weighted by Crippen LogP contribution is 2.33. The van der Waals surface area contributed by atoms with E-state index in [0.29, 0.717) is 25.7 Å². The Morgan fingerprint density at radius 2 is 2.10 bits per heavy atom. The summed E-state index contributed by atoms with van der Waals surface area (Å²) in [5.41, 5.74) is -1.73. The maximum atomic E-state index is 13.0. The van der Waals surface area contributed by atoms with Gasteiger partial charge in [0.15, 0.2) is 0 Å². The van der Waals surface area contributed by atoms with E-state index in [2.05, 4.69) is 5.32 Å². The molecule has 2 rings (SSSR count). The molecule has 1 atom stereocenters. The summed E-state index contributed by atoms with van der Waals surface area (Å²) in [6.45, 7) is 3.02. The van der Waals surface area contributed by atoms with Gasteiger partial charge in [-0.2, -0.15) is 13.2 Å². The first-order valence-electron chi connectivity index (χ1n) is 6.18. The molecule has 1 fully saturated rings. The van der Waals surface area contributed by atoms with Crippen LogP contribution in [0.1, 0.15) is 22.8 Å². The molecule has 1 aromatic carbocycles. The topological polar surface area (TPSA) is 32.3 Å². The molecule has 1 aliphatic rings. The van der Waals surface area contributed by atoms with Gasteiger partial charge in [0.05, 0.1) is 11.1 Å². The number of piperazine rings is 1. The van der Waals surface area contributed by atoms with Gasteiger partial charge in [-0.15, -0.1) is 0 Å².